The van der Waals surface area contributed by atoms with E-state index in [-0.39, 0.29) is 11.7 Å². The van der Waals surface area contributed by atoms with Crippen LogP contribution < -0.4 is 10.6 Å². The number of anilines is 1. The lowest BCUT2D eigenvalue weighted by Crippen LogP contribution is -2.35. The van der Waals surface area contributed by atoms with Crippen LogP contribution in [-0.4, -0.2) is 19.1 Å². The Labute approximate surface area is 115 Å². The van der Waals surface area contributed by atoms with Crippen LogP contribution in [0.15, 0.2) is 18.2 Å². The number of benzene rings is 1. The molecule has 1 aliphatic carbocycles. The van der Waals surface area contributed by atoms with E-state index in [1.807, 2.05) is 7.05 Å². The van der Waals surface area contributed by atoms with Crippen LogP contribution in [0.5, 0.6) is 0 Å². The number of nitrogens with one attached hydrogen (secondary N) is 2. The highest BCUT2D eigenvalue weighted by Gasteiger charge is 2.31. The molecule has 2 nitrogen and oxygen atoms in total. The van der Waals surface area contributed by atoms with E-state index in [4.69, 9.17) is 0 Å². The van der Waals surface area contributed by atoms with Gasteiger partial charge in [-0.1, -0.05) is 0 Å². The summed E-state index contributed by atoms with van der Waals surface area (Å²) < 4.78 is 51.0. The number of halogens is 4. The second-order valence-electron chi connectivity index (χ2n) is 5.17. The Hall–Kier alpha value is -1.30. The van der Waals surface area contributed by atoms with Gasteiger partial charge in [-0.25, -0.2) is 4.39 Å². The standard InChI is InChI=1S/C14H18F4N2/c1-19-10-3-5-11(6-4-10)20-13-7-2-9(8-12(13)15)14(16,17)18/h2,7-8,10-11,19-20H,3-6H2,1H3. The quantitative estimate of drug-likeness (QED) is 0.828. The molecule has 112 valence electrons. The summed E-state index contributed by atoms with van der Waals surface area (Å²) in [4.78, 5) is 0. The van der Waals surface area contributed by atoms with E-state index in [0.29, 0.717) is 12.1 Å². The topological polar surface area (TPSA) is 24.1 Å². The van der Waals surface area contributed by atoms with Crippen LogP contribution in [0, 0.1) is 5.82 Å². The number of alkyl halides is 3. The molecule has 1 fully saturated rings. The monoisotopic (exact) mass is 290 g/mol. The lowest BCUT2D eigenvalue weighted by molar-refractivity contribution is -0.137. The average molecular weight is 290 g/mol. The zero-order valence-electron chi connectivity index (χ0n) is 11.2. The SMILES string of the molecule is CNC1CCC(Nc2ccc(C(F)(F)F)cc2F)CC1. The molecule has 0 saturated heterocycles. The van der Waals surface area contributed by atoms with Gasteiger partial charge >= 0.3 is 6.18 Å². The van der Waals surface area contributed by atoms with E-state index in [1.54, 1.807) is 0 Å². The molecule has 0 bridgehead atoms. The first-order chi connectivity index (χ1) is 9.40. The second-order valence-corrected chi connectivity index (χ2v) is 5.17. The number of hydrogen-bond donors (Lipinski definition) is 2. The summed E-state index contributed by atoms with van der Waals surface area (Å²) in [5.41, 5.74) is -0.814. The van der Waals surface area contributed by atoms with Crippen molar-refractivity contribution < 1.29 is 17.6 Å². The summed E-state index contributed by atoms with van der Waals surface area (Å²) in [7, 11) is 1.91. The Morgan fingerprint density at radius 2 is 1.65 bits per heavy atom. The Morgan fingerprint density at radius 1 is 1.05 bits per heavy atom. The minimum absolute atomic E-state index is 0.117. The van der Waals surface area contributed by atoms with Crippen LogP contribution in [0.25, 0.3) is 0 Å². The highest BCUT2D eigenvalue weighted by Crippen LogP contribution is 2.32. The maximum absolute atomic E-state index is 13.7. The maximum atomic E-state index is 13.7. The van der Waals surface area contributed by atoms with Crippen molar-refractivity contribution in [1.82, 2.24) is 5.32 Å². The zero-order chi connectivity index (χ0) is 14.8. The first-order valence-electron chi connectivity index (χ1n) is 6.70. The molecule has 20 heavy (non-hydrogen) atoms. The van der Waals surface area contributed by atoms with Gasteiger partial charge in [0.2, 0.25) is 0 Å². The van der Waals surface area contributed by atoms with Gasteiger partial charge in [-0.05, 0) is 50.9 Å². The largest absolute Gasteiger partial charge is 0.416 e. The molecule has 6 heteroatoms. The van der Waals surface area contributed by atoms with Gasteiger partial charge < -0.3 is 10.6 Å². The molecule has 1 aliphatic rings. The molecule has 0 unspecified atom stereocenters. The van der Waals surface area contributed by atoms with Gasteiger partial charge in [0.25, 0.3) is 0 Å². The summed E-state index contributed by atoms with van der Waals surface area (Å²) in [5, 5.41) is 6.20. The fraction of sp³-hybridized carbons (Fsp3) is 0.571. The molecule has 0 radical (unpaired) electrons. The summed E-state index contributed by atoms with van der Waals surface area (Å²) in [5.74, 6) is -0.851. The summed E-state index contributed by atoms with van der Waals surface area (Å²) in [6.45, 7) is 0. The normalized spacial score (nSPS) is 23.6. The fourth-order valence-corrected chi connectivity index (χ4v) is 2.55. The van der Waals surface area contributed by atoms with Crippen LogP contribution in [0.2, 0.25) is 0 Å². The van der Waals surface area contributed by atoms with Crippen LogP contribution >= 0.6 is 0 Å². The molecular weight excluding hydrogens is 272 g/mol. The molecular formula is C14H18F4N2. The van der Waals surface area contributed by atoms with Gasteiger partial charge in [0.05, 0.1) is 11.3 Å². The molecule has 1 saturated carbocycles. The molecule has 2 rings (SSSR count). The van der Waals surface area contributed by atoms with E-state index in [9.17, 15) is 17.6 Å². The minimum Gasteiger partial charge on any atom is -0.380 e. The van der Waals surface area contributed by atoms with Crippen molar-refractivity contribution in [1.29, 1.82) is 0 Å². The lowest BCUT2D eigenvalue weighted by Gasteiger charge is -2.29. The summed E-state index contributed by atoms with van der Waals surface area (Å²) >= 11 is 0. The molecule has 0 heterocycles. The van der Waals surface area contributed by atoms with Gasteiger partial charge in [-0.2, -0.15) is 13.2 Å². The van der Waals surface area contributed by atoms with Crippen molar-refractivity contribution in [2.24, 2.45) is 0 Å². The van der Waals surface area contributed by atoms with Crippen LogP contribution in [-0.2, 0) is 6.18 Å². The van der Waals surface area contributed by atoms with Crippen molar-refractivity contribution in [3.63, 3.8) is 0 Å². The number of hydrogen-bond acceptors (Lipinski definition) is 2. The molecule has 0 aliphatic heterocycles. The average Bonchev–Trinajstić information content (AvgIpc) is 2.41. The van der Waals surface area contributed by atoms with E-state index in [0.717, 1.165) is 31.7 Å². The van der Waals surface area contributed by atoms with E-state index < -0.39 is 17.6 Å². The lowest BCUT2D eigenvalue weighted by atomic mass is 9.91. The fourth-order valence-electron chi connectivity index (χ4n) is 2.55. The molecule has 0 aromatic heterocycles. The molecule has 2 N–H and O–H groups in total. The molecule has 0 spiro atoms. The molecule has 0 amide bonds. The van der Waals surface area contributed by atoms with Crippen molar-refractivity contribution in [3.05, 3.63) is 29.6 Å². The third-order valence-corrected chi connectivity index (χ3v) is 3.79. The van der Waals surface area contributed by atoms with Crippen LogP contribution in [0.3, 0.4) is 0 Å². The van der Waals surface area contributed by atoms with Gasteiger partial charge in [0.1, 0.15) is 5.82 Å². The van der Waals surface area contributed by atoms with Crippen molar-refractivity contribution in [2.45, 2.75) is 43.9 Å². The predicted octanol–water partition coefficient (Wildman–Crippen LogP) is 3.79. The van der Waals surface area contributed by atoms with Crippen molar-refractivity contribution >= 4 is 5.69 Å². The second kappa shape index (κ2) is 5.99. The van der Waals surface area contributed by atoms with E-state index in [1.165, 1.54) is 6.07 Å². The number of rotatable bonds is 3. The van der Waals surface area contributed by atoms with Gasteiger partial charge in [-0.3, -0.25) is 0 Å². The minimum atomic E-state index is -4.51. The smallest absolute Gasteiger partial charge is 0.380 e. The van der Waals surface area contributed by atoms with Crippen molar-refractivity contribution in [3.8, 4) is 0 Å². The first kappa shape index (κ1) is 15.1. The van der Waals surface area contributed by atoms with Crippen LogP contribution in [0.1, 0.15) is 31.2 Å². The van der Waals surface area contributed by atoms with Crippen LogP contribution in [0.4, 0.5) is 23.2 Å². The molecule has 1 aromatic rings. The third-order valence-electron chi connectivity index (χ3n) is 3.79. The Balaban J connectivity index is 2.00. The highest BCUT2D eigenvalue weighted by atomic mass is 19.4. The molecule has 1 aromatic carbocycles. The summed E-state index contributed by atoms with van der Waals surface area (Å²) in [6, 6.07) is 3.21. The van der Waals surface area contributed by atoms with Gasteiger partial charge in [0.15, 0.2) is 0 Å². The zero-order valence-corrected chi connectivity index (χ0v) is 11.2. The molecule has 0 atom stereocenters. The third kappa shape index (κ3) is 3.62. The summed E-state index contributed by atoms with van der Waals surface area (Å²) in [6.07, 6.45) is -0.783. The highest BCUT2D eigenvalue weighted by molar-refractivity contribution is 5.47. The Kier molecular flexibility index (Phi) is 4.52. The van der Waals surface area contributed by atoms with Gasteiger partial charge in [0, 0.05) is 12.1 Å². The van der Waals surface area contributed by atoms with E-state index >= 15 is 0 Å². The maximum Gasteiger partial charge on any atom is 0.416 e. The predicted molar refractivity (Wildman–Crippen MR) is 70.1 cm³/mol. The van der Waals surface area contributed by atoms with Crippen molar-refractivity contribution in [2.75, 3.05) is 12.4 Å². The first-order valence-corrected chi connectivity index (χ1v) is 6.70. The van der Waals surface area contributed by atoms with Gasteiger partial charge in [-0.15, -0.1) is 0 Å². The Morgan fingerprint density at radius 3 is 2.15 bits per heavy atom. The Bertz CT molecular complexity index is 451. The van der Waals surface area contributed by atoms with E-state index in [2.05, 4.69) is 10.6 Å².